The summed E-state index contributed by atoms with van der Waals surface area (Å²) in [4.78, 5) is 13.8. The van der Waals surface area contributed by atoms with Crippen LogP contribution in [-0.2, 0) is 0 Å². The Kier molecular flexibility index (Phi) is 4.58. The van der Waals surface area contributed by atoms with Crippen molar-refractivity contribution >= 4 is 22.0 Å². The molecule has 1 aromatic rings. The number of carbonyl (C=O) groups excluding carboxylic acids is 1. The minimum absolute atomic E-state index is 0.302. The molecule has 110 valence electrons. The van der Waals surface area contributed by atoms with E-state index in [0.717, 1.165) is 30.4 Å². The van der Waals surface area contributed by atoms with E-state index in [2.05, 4.69) is 15.9 Å². The van der Waals surface area contributed by atoms with Crippen molar-refractivity contribution in [1.29, 1.82) is 0 Å². The van der Waals surface area contributed by atoms with Gasteiger partial charge in [-0.3, -0.25) is 0 Å². The molecule has 0 bridgehead atoms. The summed E-state index contributed by atoms with van der Waals surface area (Å²) in [5.74, 6) is 1.03. The fraction of sp³-hybridized carbons (Fsp3) is 0.533. The van der Waals surface area contributed by atoms with E-state index in [9.17, 15) is 4.79 Å². The highest BCUT2D eigenvalue weighted by Crippen LogP contribution is 2.33. The lowest BCUT2D eigenvalue weighted by molar-refractivity contribution is 0.120. The van der Waals surface area contributed by atoms with Gasteiger partial charge in [-0.15, -0.1) is 0 Å². The maximum absolute atomic E-state index is 12.1. The Labute approximate surface area is 128 Å². The molecule has 1 aliphatic rings. The number of carbonyl (C=O) groups is 1. The fourth-order valence-corrected chi connectivity index (χ4v) is 2.37. The number of rotatable bonds is 2. The highest BCUT2D eigenvalue weighted by Gasteiger charge is 2.22. The normalized spacial score (nSPS) is 15.3. The summed E-state index contributed by atoms with van der Waals surface area (Å²) in [6.45, 7) is 7.41. The summed E-state index contributed by atoms with van der Waals surface area (Å²) >= 11 is 3.41. The van der Waals surface area contributed by atoms with Crippen molar-refractivity contribution in [3.8, 4) is 11.5 Å². The molecule has 4 nitrogen and oxygen atoms in total. The molecule has 0 aromatic heterocycles. The molecular weight excluding hydrogens is 322 g/mol. The fourth-order valence-electron chi connectivity index (χ4n) is 2.03. The maximum Gasteiger partial charge on any atom is 0.415 e. The summed E-state index contributed by atoms with van der Waals surface area (Å²) in [7, 11) is 0. The molecule has 1 amide bonds. The summed E-state index contributed by atoms with van der Waals surface area (Å²) in [6, 6.07) is 5.40. The third-order valence-corrected chi connectivity index (χ3v) is 3.38. The molecule has 1 fully saturated rings. The molecule has 1 aliphatic heterocycles. The lowest BCUT2D eigenvalue weighted by Gasteiger charge is -2.23. The van der Waals surface area contributed by atoms with Crippen LogP contribution in [0.3, 0.4) is 0 Å². The molecule has 0 atom stereocenters. The van der Waals surface area contributed by atoms with Crippen molar-refractivity contribution < 1.29 is 14.3 Å². The van der Waals surface area contributed by atoms with E-state index in [0.29, 0.717) is 11.5 Å². The van der Waals surface area contributed by atoms with Crippen LogP contribution in [0.5, 0.6) is 11.5 Å². The lowest BCUT2D eigenvalue weighted by Crippen LogP contribution is -2.31. The number of benzene rings is 1. The molecule has 2 rings (SSSR count). The second kappa shape index (κ2) is 6.04. The highest BCUT2D eigenvalue weighted by molar-refractivity contribution is 9.10. The van der Waals surface area contributed by atoms with Crippen LogP contribution in [-0.4, -0.2) is 29.7 Å². The molecule has 0 aliphatic carbocycles. The van der Waals surface area contributed by atoms with Crippen molar-refractivity contribution in [1.82, 2.24) is 4.90 Å². The average Bonchev–Trinajstić information content (AvgIpc) is 2.84. The minimum Gasteiger partial charge on any atom is -0.484 e. The zero-order valence-corrected chi connectivity index (χ0v) is 13.7. The first-order valence-corrected chi connectivity index (χ1v) is 7.60. The highest BCUT2D eigenvalue weighted by atomic mass is 79.9. The van der Waals surface area contributed by atoms with E-state index >= 15 is 0 Å². The Morgan fingerprint density at radius 2 is 1.85 bits per heavy atom. The van der Waals surface area contributed by atoms with Crippen molar-refractivity contribution in [2.75, 3.05) is 13.1 Å². The molecule has 0 radical (unpaired) electrons. The van der Waals surface area contributed by atoms with E-state index < -0.39 is 0 Å². The Balaban J connectivity index is 2.15. The van der Waals surface area contributed by atoms with Gasteiger partial charge in [0.25, 0.3) is 0 Å². The molecule has 20 heavy (non-hydrogen) atoms. The van der Waals surface area contributed by atoms with Gasteiger partial charge in [-0.1, -0.05) is 15.9 Å². The Hall–Kier alpha value is -1.23. The van der Waals surface area contributed by atoms with Gasteiger partial charge in [-0.05, 0) is 51.8 Å². The SMILES string of the molecule is CC(C)(C)Oc1cc(Br)ccc1OC(=O)N1CCCC1. The minimum atomic E-state index is -0.352. The van der Waals surface area contributed by atoms with Crippen LogP contribution in [0.1, 0.15) is 33.6 Å². The first kappa shape index (κ1) is 15.2. The maximum atomic E-state index is 12.1. The van der Waals surface area contributed by atoms with Gasteiger partial charge in [0.15, 0.2) is 11.5 Å². The number of amides is 1. The smallest absolute Gasteiger partial charge is 0.415 e. The van der Waals surface area contributed by atoms with Gasteiger partial charge in [0.05, 0.1) is 0 Å². The van der Waals surface area contributed by atoms with Crippen LogP contribution >= 0.6 is 15.9 Å². The van der Waals surface area contributed by atoms with Crippen molar-refractivity contribution in [2.45, 2.75) is 39.2 Å². The van der Waals surface area contributed by atoms with Gasteiger partial charge in [0, 0.05) is 17.6 Å². The zero-order chi connectivity index (χ0) is 14.8. The Morgan fingerprint density at radius 1 is 1.20 bits per heavy atom. The first-order valence-electron chi connectivity index (χ1n) is 6.80. The number of ether oxygens (including phenoxy) is 2. The predicted octanol–water partition coefficient (Wildman–Crippen LogP) is 4.22. The average molecular weight is 342 g/mol. The van der Waals surface area contributed by atoms with Crippen LogP contribution in [0.4, 0.5) is 4.79 Å². The number of halogens is 1. The standard InChI is InChI=1S/C15H20BrNO3/c1-15(2,3)20-13-10-11(16)6-7-12(13)19-14(18)17-8-4-5-9-17/h6-7,10H,4-5,8-9H2,1-3H3. The molecule has 5 heteroatoms. The molecule has 0 unspecified atom stereocenters. The van der Waals surface area contributed by atoms with Crippen LogP contribution < -0.4 is 9.47 Å². The van der Waals surface area contributed by atoms with Gasteiger partial charge < -0.3 is 14.4 Å². The van der Waals surface area contributed by atoms with Gasteiger partial charge in [0.2, 0.25) is 0 Å². The molecular formula is C15H20BrNO3. The molecule has 0 saturated carbocycles. The second-order valence-electron chi connectivity index (χ2n) is 5.87. The van der Waals surface area contributed by atoms with Crippen molar-refractivity contribution in [2.24, 2.45) is 0 Å². The monoisotopic (exact) mass is 341 g/mol. The van der Waals surface area contributed by atoms with Crippen molar-refractivity contribution in [3.05, 3.63) is 22.7 Å². The summed E-state index contributed by atoms with van der Waals surface area (Å²) < 4.78 is 12.2. The van der Waals surface area contributed by atoms with Gasteiger partial charge >= 0.3 is 6.09 Å². The van der Waals surface area contributed by atoms with E-state index in [-0.39, 0.29) is 11.7 Å². The second-order valence-corrected chi connectivity index (χ2v) is 6.78. The number of likely N-dealkylation sites (tertiary alicyclic amines) is 1. The third kappa shape index (κ3) is 4.13. The zero-order valence-electron chi connectivity index (χ0n) is 12.1. The van der Waals surface area contributed by atoms with Gasteiger partial charge in [0.1, 0.15) is 5.60 Å². The van der Waals surface area contributed by atoms with Crippen LogP contribution in [0.15, 0.2) is 22.7 Å². The topological polar surface area (TPSA) is 38.8 Å². The largest absolute Gasteiger partial charge is 0.484 e. The van der Waals surface area contributed by atoms with E-state index in [1.807, 2.05) is 32.9 Å². The molecule has 0 spiro atoms. The first-order chi connectivity index (χ1) is 9.35. The van der Waals surface area contributed by atoms with Gasteiger partial charge in [-0.2, -0.15) is 0 Å². The molecule has 1 aromatic carbocycles. The van der Waals surface area contributed by atoms with Crippen LogP contribution in [0.25, 0.3) is 0 Å². The predicted molar refractivity (Wildman–Crippen MR) is 81.4 cm³/mol. The Morgan fingerprint density at radius 3 is 2.45 bits per heavy atom. The molecule has 0 N–H and O–H groups in total. The number of hydrogen-bond donors (Lipinski definition) is 0. The number of hydrogen-bond acceptors (Lipinski definition) is 3. The molecule has 1 heterocycles. The Bertz CT molecular complexity index is 490. The van der Waals surface area contributed by atoms with Crippen LogP contribution in [0, 0.1) is 0 Å². The van der Waals surface area contributed by atoms with E-state index in [4.69, 9.17) is 9.47 Å². The summed E-state index contributed by atoms with van der Waals surface area (Å²) in [6.07, 6.45) is 1.78. The van der Waals surface area contributed by atoms with E-state index in [1.165, 1.54) is 0 Å². The summed E-state index contributed by atoms with van der Waals surface area (Å²) in [5, 5.41) is 0. The van der Waals surface area contributed by atoms with Gasteiger partial charge in [-0.25, -0.2) is 4.79 Å². The van der Waals surface area contributed by atoms with E-state index in [1.54, 1.807) is 11.0 Å². The summed E-state index contributed by atoms with van der Waals surface area (Å²) in [5.41, 5.74) is -0.352. The quantitative estimate of drug-likeness (QED) is 0.808. The third-order valence-electron chi connectivity index (χ3n) is 2.88. The lowest BCUT2D eigenvalue weighted by atomic mass is 10.2. The van der Waals surface area contributed by atoms with Crippen LogP contribution in [0.2, 0.25) is 0 Å². The number of nitrogens with zero attached hydrogens (tertiary/aromatic N) is 1. The van der Waals surface area contributed by atoms with Crippen molar-refractivity contribution in [3.63, 3.8) is 0 Å². The molecule has 1 saturated heterocycles.